The van der Waals surface area contributed by atoms with Gasteiger partial charge in [-0.2, -0.15) is 0 Å². The lowest BCUT2D eigenvalue weighted by molar-refractivity contribution is 0.245. The Morgan fingerprint density at radius 3 is 2.45 bits per heavy atom. The summed E-state index contributed by atoms with van der Waals surface area (Å²) in [5.74, 6) is 0.677. The van der Waals surface area contributed by atoms with E-state index in [0.717, 1.165) is 0 Å². The van der Waals surface area contributed by atoms with Crippen molar-refractivity contribution in [3.63, 3.8) is 0 Å². The number of nitrogens with zero attached hydrogens (tertiary/aromatic N) is 1. The van der Waals surface area contributed by atoms with E-state index in [-0.39, 0.29) is 22.4 Å². The van der Waals surface area contributed by atoms with Crippen LogP contribution in [-0.4, -0.2) is 79.4 Å². The monoisotopic (exact) mass is 472 g/mol. The maximum Gasteiger partial charge on any atom is 0.183 e. The Bertz CT molecular complexity index is 1100. The first-order chi connectivity index (χ1) is 14.6. The van der Waals surface area contributed by atoms with Crippen LogP contribution in [0.5, 0.6) is 11.5 Å². The number of rotatable bonds is 9. The van der Waals surface area contributed by atoms with Gasteiger partial charge in [-0.1, -0.05) is 0 Å². The van der Waals surface area contributed by atoms with Crippen molar-refractivity contribution in [1.82, 2.24) is 10.2 Å². The highest BCUT2D eigenvalue weighted by atomic mass is 32.2. The Hall–Kier alpha value is -2.08. The van der Waals surface area contributed by atoms with Gasteiger partial charge in [0.25, 0.3) is 0 Å². The predicted octanol–water partition coefficient (Wildman–Crippen LogP) is 1.13. The van der Waals surface area contributed by atoms with Gasteiger partial charge in [-0.3, -0.25) is 4.90 Å². The smallest absolute Gasteiger partial charge is 0.183 e. The Kier molecular flexibility index (Phi) is 6.99. The summed E-state index contributed by atoms with van der Waals surface area (Å²) in [5, 5.41) is 2.05. The Labute approximate surface area is 183 Å². The molecule has 1 aromatic carbocycles. The number of methoxy groups -OCH3 is 2. The van der Waals surface area contributed by atoms with E-state index in [0.29, 0.717) is 18.1 Å². The summed E-state index contributed by atoms with van der Waals surface area (Å²) in [7, 11) is -0.862. The molecule has 0 bridgehead atoms. The molecule has 2 heterocycles. The molecular formula is C20H28N2O7S2. The normalized spacial score (nSPS) is 21.8. The number of benzene rings is 1. The van der Waals surface area contributed by atoms with E-state index >= 15 is 0 Å². The molecule has 1 saturated heterocycles. The first-order valence-electron chi connectivity index (χ1n) is 9.68. The third-order valence-electron chi connectivity index (χ3n) is 5.45. The first kappa shape index (κ1) is 23.6. The minimum absolute atomic E-state index is 0.00533. The number of ether oxygens (including phenoxy) is 2. The fraction of sp³-hybridized carbons (Fsp3) is 0.500. The summed E-state index contributed by atoms with van der Waals surface area (Å²) in [6.45, 7) is 0.332. The maximum atomic E-state index is 13.4. The topological polar surface area (TPSA) is 115 Å². The molecule has 31 heavy (non-hydrogen) atoms. The molecule has 0 radical (unpaired) electrons. The largest absolute Gasteiger partial charge is 0.493 e. The first-order valence-corrected chi connectivity index (χ1v) is 13.1. The average molecular weight is 473 g/mol. The summed E-state index contributed by atoms with van der Waals surface area (Å²) in [4.78, 5) is 1.92. The summed E-state index contributed by atoms with van der Waals surface area (Å²) in [5.41, 5.74) is 0. The second-order valence-corrected chi connectivity index (χ2v) is 12.0. The molecule has 1 aliphatic rings. The third-order valence-corrected chi connectivity index (χ3v) is 9.60. The van der Waals surface area contributed by atoms with Gasteiger partial charge in [-0.05, 0) is 38.4 Å². The molecule has 0 amide bonds. The van der Waals surface area contributed by atoms with Gasteiger partial charge in [0.05, 0.1) is 48.2 Å². The van der Waals surface area contributed by atoms with Crippen molar-refractivity contribution in [2.24, 2.45) is 0 Å². The molecule has 172 valence electrons. The number of hydrogen-bond acceptors (Lipinski definition) is 9. The predicted molar refractivity (Wildman–Crippen MR) is 116 cm³/mol. The molecule has 3 rings (SSSR count). The standard InChI is InChI=1S/C20H28N2O7S2/c1-22(2)16(17-6-5-9-29-17)11-21-15-12-30(23,24)13-20(15)31(25,26)14-7-8-18(27-3)19(10-14)28-4/h5-10,15-16,20-21H,11-13H2,1-4H3/t15-,16?,20-/m0/s1. The lowest BCUT2D eigenvalue weighted by Crippen LogP contribution is -2.46. The molecule has 1 aliphatic heterocycles. The summed E-state index contributed by atoms with van der Waals surface area (Å²) in [6, 6.07) is 6.94. The van der Waals surface area contributed by atoms with E-state index in [9.17, 15) is 16.8 Å². The molecule has 3 atom stereocenters. The van der Waals surface area contributed by atoms with Crippen LogP contribution in [0, 0.1) is 0 Å². The minimum atomic E-state index is -3.95. The highest BCUT2D eigenvalue weighted by Gasteiger charge is 2.46. The molecule has 1 unspecified atom stereocenters. The van der Waals surface area contributed by atoms with Crippen molar-refractivity contribution < 1.29 is 30.7 Å². The molecule has 1 fully saturated rings. The SMILES string of the molecule is COc1ccc(S(=O)(=O)[C@H]2CS(=O)(=O)C[C@@H]2NCC(c2ccco2)N(C)C)cc1OC. The van der Waals surface area contributed by atoms with E-state index in [2.05, 4.69) is 5.32 Å². The highest BCUT2D eigenvalue weighted by molar-refractivity contribution is 7.96. The van der Waals surface area contributed by atoms with E-state index in [1.807, 2.05) is 25.1 Å². The minimum Gasteiger partial charge on any atom is -0.493 e. The van der Waals surface area contributed by atoms with Crippen LogP contribution in [0.3, 0.4) is 0 Å². The summed E-state index contributed by atoms with van der Waals surface area (Å²) in [6.07, 6.45) is 1.57. The van der Waals surface area contributed by atoms with Crippen LogP contribution in [-0.2, 0) is 19.7 Å². The zero-order valence-electron chi connectivity index (χ0n) is 17.9. The van der Waals surface area contributed by atoms with Crippen LogP contribution in [0.4, 0.5) is 0 Å². The van der Waals surface area contributed by atoms with Gasteiger partial charge < -0.3 is 19.2 Å². The maximum absolute atomic E-state index is 13.4. The van der Waals surface area contributed by atoms with E-state index in [1.165, 1.54) is 32.4 Å². The quantitative estimate of drug-likeness (QED) is 0.573. The molecule has 2 aromatic rings. The highest BCUT2D eigenvalue weighted by Crippen LogP contribution is 2.33. The fourth-order valence-electron chi connectivity index (χ4n) is 3.76. The summed E-state index contributed by atoms with van der Waals surface area (Å²) < 4.78 is 67.4. The zero-order chi connectivity index (χ0) is 22.8. The second-order valence-electron chi connectivity index (χ2n) is 7.69. The summed E-state index contributed by atoms with van der Waals surface area (Å²) >= 11 is 0. The molecule has 11 heteroatoms. The van der Waals surface area contributed by atoms with Crippen molar-refractivity contribution in [1.29, 1.82) is 0 Å². The fourth-order valence-corrected chi connectivity index (χ4v) is 8.49. The van der Waals surface area contributed by atoms with Crippen molar-refractivity contribution in [2.75, 3.05) is 46.4 Å². The van der Waals surface area contributed by atoms with Crippen molar-refractivity contribution in [3.05, 3.63) is 42.4 Å². The van der Waals surface area contributed by atoms with Gasteiger partial charge in [0, 0.05) is 18.7 Å². The molecule has 0 saturated carbocycles. The number of hydrogen-bond donors (Lipinski definition) is 1. The van der Waals surface area contributed by atoms with Crippen LogP contribution in [0.2, 0.25) is 0 Å². The third kappa shape index (κ3) is 5.05. The average Bonchev–Trinajstić information content (AvgIpc) is 3.35. The molecular weight excluding hydrogens is 444 g/mol. The van der Waals surface area contributed by atoms with E-state index in [4.69, 9.17) is 13.9 Å². The number of nitrogens with one attached hydrogen (secondary N) is 1. The molecule has 0 spiro atoms. The zero-order valence-corrected chi connectivity index (χ0v) is 19.6. The lowest BCUT2D eigenvalue weighted by Gasteiger charge is -2.26. The van der Waals surface area contributed by atoms with Crippen LogP contribution in [0.1, 0.15) is 11.8 Å². The molecule has 1 N–H and O–H groups in total. The van der Waals surface area contributed by atoms with Gasteiger partial charge in [-0.15, -0.1) is 0 Å². The van der Waals surface area contributed by atoms with Crippen LogP contribution < -0.4 is 14.8 Å². The molecule has 9 nitrogen and oxygen atoms in total. The Morgan fingerprint density at radius 1 is 1.16 bits per heavy atom. The van der Waals surface area contributed by atoms with Crippen LogP contribution in [0.25, 0.3) is 0 Å². The van der Waals surface area contributed by atoms with Gasteiger partial charge >= 0.3 is 0 Å². The van der Waals surface area contributed by atoms with E-state index < -0.39 is 36.7 Å². The molecule has 1 aromatic heterocycles. The molecule has 0 aliphatic carbocycles. The van der Waals surface area contributed by atoms with Gasteiger partial charge in [0.2, 0.25) is 0 Å². The second kappa shape index (κ2) is 9.19. The van der Waals surface area contributed by atoms with Crippen LogP contribution in [0.15, 0.2) is 45.9 Å². The van der Waals surface area contributed by atoms with Gasteiger partial charge in [0.15, 0.2) is 31.2 Å². The number of furan rings is 1. The number of sulfone groups is 2. The number of likely N-dealkylation sites (N-methyl/N-ethyl adjacent to an activating group) is 1. The van der Waals surface area contributed by atoms with Crippen molar-refractivity contribution >= 4 is 19.7 Å². The Balaban J connectivity index is 1.87. The van der Waals surface area contributed by atoms with Gasteiger partial charge in [-0.25, -0.2) is 16.8 Å². The van der Waals surface area contributed by atoms with Crippen LogP contribution >= 0.6 is 0 Å². The van der Waals surface area contributed by atoms with E-state index in [1.54, 1.807) is 12.3 Å². The lowest BCUT2D eigenvalue weighted by atomic mass is 10.2. The van der Waals surface area contributed by atoms with Crippen molar-refractivity contribution in [2.45, 2.75) is 22.2 Å². The van der Waals surface area contributed by atoms with Gasteiger partial charge in [0.1, 0.15) is 5.76 Å². The van der Waals surface area contributed by atoms with Crippen molar-refractivity contribution in [3.8, 4) is 11.5 Å². The Morgan fingerprint density at radius 2 is 1.87 bits per heavy atom.